The molecule has 0 saturated heterocycles. The molecule has 0 amide bonds. The molecule has 2 rings (SSSR count). The highest BCUT2D eigenvalue weighted by atomic mass is 19.1. The van der Waals surface area contributed by atoms with Crippen molar-refractivity contribution in [3.63, 3.8) is 0 Å². The molecule has 6 nitrogen and oxygen atoms in total. The predicted octanol–water partition coefficient (Wildman–Crippen LogP) is 2.68. The van der Waals surface area contributed by atoms with Crippen LogP contribution >= 0.6 is 0 Å². The van der Waals surface area contributed by atoms with Crippen LogP contribution in [0.4, 0.5) is 15.9 Å². The van der Waals surface area contributed by atoms with E-state index in [-0.39, 0.29) is 11.5 Å². The van der Waals surface area contributed by atoms with Crippen LogP contribution in [0.15, 0.2) is 24.3 Å². The summed E-state index contributed by atoms with van der Waals surface area (Å²) in [4.78, 5) is 10.7. The number of benzene rings is 1. The maximum absolute atomic E-state index is 13.5. The lowest BCUT2D eigenvalue weighted by Crippen LogP contribution is -2.10. The van der Waals surface area contributed by atoms with E-state index in [1.165, 1.54) is 10.7 Å². The van der Waals surface area contributed by atoms with E-state index in [1.54, 1.807) is 25.2 Å². The molecule has 1 aromatic heterocycles. The average Bonchev–Trinajstić information content (AvgIpc) is 2.77. The average molecular weight is 292 g/mol. The van der Waals surface area contributed by atoms with Crippen LogP contribution in [0.2, 0.25) is 0 Å². The molecule has 0 spiro atoms. The Balaban J connectivity index is 2.12. The second-order valence-electron chi connectivity index (χ2n) is 4.65. The Labute approximate surface area is 121 Å². The van der Waals surface area contributed by atoms with E-state index >= 15 is 0 Å². The summed E-state index contributed by atoms with van der Waals surface area (Å²) < 4.78 is 15.0. The SMILES string of the molecule is CCc1nn(C)c(NCCc2ccccc2F)c1[N+](=O)[O-]. The third-order valence-corrected chi connectivity index (χ3v) is 3.25. The minimum atomic E-state index is -0.433. The quantitative estimate of drug-likeness (QED) is 0.656. The molecule has 0 radical (unpaired) electrons. The number of anilines is 1. The Hall–Kier alpha value is -2.44. The Bertz CT molecular complexity index is 654. The van der Waals surface area contributed by atoms with Crippen LogP contribution in [0.5, 0.6) is 0 Å². The fourth-order valence-electron chi connectivity index (χ4n) is 2.21. The number of rotatable bonds is 6. The number of aryl methyl sites for hydroxylation is 2. The molecule has 0 aliphatic heterocycles. The minimum Gasteiger partial charge on any atom is -0.364 e. The molecule has 0 unspecified atom stereocenters. The van der Waals surface area contributed by atoms with Gasteiger partial charge in [0.1, 0.15) is 11.5 Å². The fourth-order valence-corrected chi connectivity index (χ4v) is 2.21. The van der Waals surface area contributed by atoms with Crippen LogP contribution in [-0.2, 0) is 19.9 Å². The van der Waals surface area contributed by atoms with Crippen LogP contribution < -0.4 is 5.32 Å². The highest BCUT2D eigenvalue weighted by Crippen LogP contribution is 2.28. The number of nitrogens with zero attached hydrogens (tertiary/aromatic N) is 3. The summed E-state index contributed by atoms with van der Waals surface area (Å²) in [7, 11) is 1.65. The van der Waals surface area contributed by atoms with E-state index < -0.39 is 4.92 Å². The Morgan fingerprint density at radius 2 is 2.14 bits per heavy atom. The standard InChI is InChI=1S/C14H17FN4O2/c1-3-12-13(19(20)21)14(18(2)17-12)16-9-8-10-6-4-5-7-11(10)15/h4-7,16H,3,8-9H2,1-2H3. The first-order chi connectivity index (χ1) is 10.0. The number of aromatic nitrogens is 2. The molecular weight excluding hydrogens is 275 g/mol. The third-order valence-electron chi connectivity index (χ3n) is 3.25. The third kappa shape index (κ3) is 3.18. The maximum Gasteiger partial charge on any atom is 0.333 e. The molecule has 0 atom stereocenters. The molecule has 0 bridgehead atoms. The summed E-state index contributed by atoms with van der Waals surface area (Å²) in [5, 5.41) is 18.3. The van der Waals surface area contributed by atoms with E-state index in [0.29, 0.717) is 36.5 Å². The monoisotopic (exact) mass is 292 g/mol. The Kier molecular flexibility index (Phi) is 4.52. The lowest BCUT2D eigenvalue weighted by Gasteiger charge is -2.07. The van der Waals surface area contributed by atoms with Crippen LogP contribution in [0.25, 0.3) is 0 Å². The number of hydrogen-bond acceptors (Lipinski definition) is 4. The van der Waals surface area contributed by atoms with Crippen molar-refractivity contribution in [1.29, 1.82) is 0 Å². The van der Waals surface area contributed by atoms with Crippen molar-refractivity contribution in [3.05, 3.63) is 51.5 Å². The van der Waals surface area contributed by atoms with E-state index in [9.17, 15) is 14.5 Å². The van der Waals surface area contributed by atoms with E-state index in [2.05, 4.69) is 10.4 Å². The maximum atomic E-state index is 13.5. The first kappa shape index (κ1) is 15.0. The largest absolute Gasteiger partial charge is 0.364 e. The van der Waals surface area contributed by atoms with Gasteiger partial charge in [-0.1, -0.05) is 25.1 Å². The summed E-state index contributed by atoms with van der Waals surface area (Å²) in [5.74, 6) is 0.0845. The van der Waals surface area contributed by atoms with Crippen molar-refractivity contribution in [1.82, 2.24) is 9.78 Å². The van der Waals surface area contributed by atoms with Crippen molar-refractivity contribution >= 4 is 11.5 Å². The van der Waals surface area contributed by atoms with Crippen LogP contribution in [0.1, 0.15) is 18.2 Å². The predicted molar refractivity (Wildman–Crippen MR) is 77.8 cm³/mol. The van der Waals surface area contributed by atoms with Gasteiger partial charge in [-0.25, -0.2) is 9.07 Å². The first-order valence-electron chi connectivity index (χ1n) is 6.72. The van der Waals surface area contributed by atoms with Crippen molar-refractivity contribution in [3.8, 4) is 0 Å². The van der Waals surface area contributed by atoms with Gasteiger partial charge >= 0.3 is 5.69 Å². The highest BCUT2D eigenvalue weighted by Gasteiger charge is 2.25. The van der Waals surface area contributed by atoms with E-state index in [1.807, 2.05) is 6.92 Å². The lowest BCUT2D eigenvalue weighted by atomic mass is 10.1. The normalized spacial score (nSPS) is 10.6. The summed E-state index contributed by atoms with van der Waals surface area (Å²) >= 11 is 0. The van der Waals surface area contributed by atoms with Gasteiger partial charge in [0, 0.05) is 13.6 Å². The number of nitro groups is 1. The van der Waals surface area contributed by atoms with E-state index in [0.717, 1.165) is 0 Å². The smallest absolute Gasteiger partial charge is 0.333 e. The van der Waals surface area contributed by atoms with Crippen molar-refractivity contribution in [2.24, 2.45) is 7.05 Å². The molecule has 2 aromatic rings. The molecule has 112 valence electrons. The van der Waals surface area contributed by atoms with Gasteiger partial charge in [-0.2, -0.15) is 5.10 Å². The molecule has 0 aliphatic rings. The lowest BCUT2D eigenvalue weighted by molar-refractivity contribution is -0.384. The van der Waals surface area contributed by atoms with Gasteiger partial charge < -0.3 is 5.32 Å². The second kappa shape index (κ2) is 6.34. The minimum absolute atomic E-state index is 0.00599. The van der Waals surface area contributed by atoms with Crippen LogP contribution in [0.3, 0.4) is 0 Å². The summed E-state index contributed by atoms with van der Waals surface area (Å²) in [6.45, 7) is 2.21. The first-order valence-corrected chi connectivity index (χ1v) is 6.72. The zero-order valence-electron chi connectivity index (χ0n) is 12.0. The van der Waals surface area contributed by atoms with Gasteiger partial charge in [-0.3, -0.25) is 10.1 Å². The Morgan fingerprint density at radius 1 is 1.43 bits per heavy atom. The van der Waals surface area contributed by atoms with Gasteiger partial charge in [-0.15, -0.1) is 0 Å². The van der Waals surface area contributed by atoms with Gasteiger partial charge in [-0.05, 0) is 24.5 Å². The summed E-state index contributed by atoms with van der Waals surface area (Å²) in [5.41, 5.74) is 1.01. The van der Waals surface area contributed by atoms with Gasteiger partial charge in [0.2, 0.25) is 5.82 Å². The topological polar surface area (TPSA) is 73.0 Å². The number of halogens is 1. The van der Waals surface area contributed by atoms with Gasteiger partial charge in [0.05, 0.1) is 4.92 Å². The van der Waals surface area contributed by atoms with Crippen molar-refractivity contribution < 1.29 is 9.31 Å². The fraction of sp³-hybridized carbons (Fsp3) is 0.357. The summed E-state index contributed by atoms with van der Waals surface area (Å²) in [6, 6.07) is 6.50. The molecular formula is C14H17FN4O2. The number of hydrogen-bond donors (Lipinski definition) is 1. The van der Waals surface area contributed by atoms with Crippen molar-refractivity contribution in [2.45, 2.75) is 19.8 Å². The highest BCUT2D eigenvalue weighted by molar-refractivity contribution is 5.59. The molecule has 21 heavy (non-hydrogen) atoms. The molecule has 0 saturated carbocycles. The molecule has 7 heteroatoms. The van der Waals surface area contributed by atoms with Crippen LogP contribution in [-0.4, -0.2) is 21.2 Å². The van der Waals surface area contributed by atoms with Gasteiger partial charge in [0.15, 0.2) is 0 Å². The van der Waals surface area contributed by atoms with Gasteiger partial charge in [0.25, 0.3) is 0 Å². The van der Waals surface area contributed by atoms with Crippen molar-refractivity contribution in [2.75, 3.05) is 11.9 Å². The zero-order chi connectivity index (χ0) is 15.4. The zero-order valence-corrected chi connectivity index (χ0v) is 12.0. The molecule has 1 heterocycles. The molecule has 0 fully saturated rings. The number of nitrogens with one attached hydrogen (secondary N) is 1. The van der Waals surface area contributed by atoms with Crippen LogP contribution in [0, 0.1) is 15.9 Å². The summed E-state index contributed by atoms with van der Waals surface area (Å²) in [6.07, 6.45) is 0.926. The van der Waals surface area contributed by atoms with E-state index in [4.69, 9.17) is 0 Å². The molecule has 1 aromatic carbocycles. The molecule has 0 aliphatic carbocycles. The Morgan fingerprint density at radius 3 is 2.76 bits per heavy atom. The molecule has 1 N–H and O–H groups in total. The second-order valence-corrected chi connectivity index (χ2v) is 4.65.